The van der Waals surface area contributed by atoms with Crippen molar-refractivity contribution in [1.29, 1.82) is 0 Å². The molecule has 0 bridgehead atoms. The Bertz CT molecular complexity index is 408. The Morgan fingerprint density at radius 2 is 2.18 bits per heavy atom. The van der Waals surface area contributed by atoms with Gasteiger partial charge in [-0.15, -0.1) is 0 Å². The van der Waals surface area contributed by atoms with Gasteiger partial charge in [0.15, 0.2) is 0 Å². The second-order valence-corrected chi connectivity index (χ2v) is 4.33. The maximum absolute atomic E-state index is 11.0. The summed E-state index contributed by atoms with van der Waals surface area (Å²) in [6, 6.07) is 1.38. The predicted octanol–water partition coefficient (Wildman–Crippen LogP) is 1.50. The van der Waals surface area contributed by atoms with Crippen molar-refractivity contribution in [3.8, 4) is 0 Å². The van der Waals surface area contributed by atoms with Crippen molar-refractivity contribution < 1.29 is 15.0 Å². The number of aliphatic hydroxyl groups excluding tert-OH is 1. The van der Waals surface area contributed by atoms with Crippen molar-refractivity contribution in [3.05, 3.63) is 24.0 Å². The third-order valence-electron chi connectivity index (χ3n) is 3.12. The van der Waals surface area contributed by atoms with Gasteiger partial charge in [0, 0.05) is 6.20 Å². The lowest BCUT2D eigenvalue weighted by molar-refractivity contribution is 0.0697. The largest absolute Gasteiger partial charge is 0.478 e. The van der Waals surface area contributed by atoms with Crippen molar-refractivity contribution in [1.82, 2.24) is 4.98 Å². The molecule has 1 fully saturated rings. The van der Waals surface area contributed by atoms with E-state index in [9.17, 15) is 9.90 Å². The molecule has 92 valence electrons. The molecule has 0 saturated heterocycles. The molecule has 1 aromatic heterocycles. The lowest BCUT2D eigenvalue weighted by atomic mass is 9.92. The van der Waals surface area contributed by atoms with Gasteiger partial charge in [0.25, 0.3) is 0 Å². The first-order valence-corrected chi connectivity index (χ1v) is 5.80. The molecule has 2 atom stereocenters. The van der Waals surface area contributed by atoms with Crippen LogP contribution in [0, 0.1) is 0 Å². The van der Waals surface area contributed by atoms with Crippen LogP contribution in [0.25, 0.3) is 0 Å². The highest BCUT2D eigenvalue weighted by Gasteiger charge is 2.24. The van der Waals surface area contributed by atoms with Gasteiger partial charge < -0.3 is 15.5 Å². The number of hydrogen-bond acceptors (Lipinski definition) is 4. The molecular weight excluding hydrogens is 220 g/mol. The lowest BCUT2D eigenvalue weighted by Gasteiger charge is -2.29. The molecule has 1 saturated carbocycles. The van der Waals surface area contributed by atoms with E-state index in [2.05, 4.69) is 10.3 Å². The van der Waals surface area contributed by atoms with Crippen molar-refractivity contribution in [2.45, 2.75) is 37.8 Å². The molecule has 1 heterocycles. The number of carboxylic acids is 1. The molecule has 5 heteroatoms. The Balaban J connectivity index is 2.14. The normalized spacial score (nSPS) is 24.3. The summed E-state index contributed by atoms with van der Waals surface area (Å²) in [5.41, 5.74) is 0.670. The van der Waals surface area contributed by atoms with Crippen LogP contribution >= 0.6 is 0 Å². The van der Waals surface area contributed by atoms with Crippen molar-refractivity contribution in [3.63, 3.8) is 0 Å². The van der Waals surface area contributed by atoms with Gasteiger partial charge in [0.2, 0.25) is 0 Å². The number of nitrogens with one attached hydrogen (secondary N) is 1. The summed E-state index contributed by atoms with van der Waals surface area (Å²) in [6.45, 7) is 0. The van der Waals surface area contributed by atoms with E-state index in [1.165, 1.54) is 18.5 Å². The number of rotatable bonds is 3. The summed E-state index contributed by atoms with van der Waals surface area (Å²) in [4.78, 5) is 14.9. The Labute approximate surface area is 99.5 Å². The van der Waals surface area contributed by atoms with Gasteiger partial charge in [0.1, 0.15) is 0 Å². The van der Waals surface area contributed by atoms with Crippen molar-refractivity contribution in [2.24, 2.45) is 0 Å². The molecule has 2 unspecified atom stereocenters. The Kier molecular flexibility index (Phi) is 3.58. The summed E-state index contributed by atoms with van der Waals surface area (Å²) >= 11 is 0. The monoisotopic (exact) mass is 236 g/mol. The summed E-state index contributed by atoms with van der Waals surface area (Å²) in [5.74, 6) is -0.986. The number of aromatic carboxylic acids is 1. The van der Waals surface area contributed by atoms with E-state index in [4.69, 9.17) is 5.11 Å². The van der Waals surface area contributed by atoms with Crippen molar-refractivity contribution >= 4 is 11.7 Å². The molecule has 0 spiro atoms. The van der Waals surface area contributed by atoms with Crippen LogP contribution in [0.4, 0.5) is 5.69 Å². The Morgan fingerprint density at radius 3 is 2.88 bits per heavy atom. The van der Waals surface area contributed by atoms with Crippen LogP contribution in [0.5, 0.6) is 0 Å². The van der Waals surface area contributed by atoms with E-state index < -0.39 is 12.1 Å². The van der Waals surface area contributed by atoms with E-state index in [0.29, 0.717) is 5.69 Å². The minimum atomic E-state index is -0.986. The van der Waals surface area contributed by atoms with Crippen LogP contribution in [0.2, 0.25) is 0 Å². The Hall–Kier alpha value is -1.62. The minimum Gasteiger partial charge on any atom is -0.478 e. The van der Waals surface area contributed by atoms with E-state index in [-0.39, 0.29) is 11.6 Å². The number of hydrogen-bond donors (Lipinski definition) is 3. The van der Waals surface area contributed by atoms with Gasteiger partial charge in [-0.3, -0.25) is 4.98 Å². The fourth-order valence-corrected chi connectivity index (χ4v) is 2.18. The van der Waals surface area contributed by atoms with Crippen molar-refractivity contribution in [2.75, 3.05) is 5.32 Å². The summed E-state index contributed by atoms with van der Waals surface area (Å²) in [6.07, 6.45) is 6.23. The highest BCUT2D eigenvalue weighted by atomic mass is 16.4. The molecule has 5 nitrogen and oxygen atoms in total. The number of aliphatic hydroxyl groups is 1. The first-order valence-electron chi connectivity index (χ1n) is 5.80. The van der Waals surface area contributed by atoms with Gasteiger partial charge in [0.05, 0.1) is 29.6 Å². The predicted molar refractivity (Wildman–Crippen MR) is 63.1 cm³/mol. The smallest absolute Gasteiger partial charge is 0.337 e. The molecule has 1 aliphatic carbocycles. The average Bonchev–Trinajstić information content (AvgIpc) is 2.32. The van der Waals surface area contributed by atoms with Crippen LogP contribution in [0.3, 0.4) is 0 Å². The third-order valence-corrected chi connectivity index (χ3v) is 3.12. The molecule has 3 N–H and O–H groups in total. The molecule has 0 aromatic carbocycles. The minimum absolute atomic E-state index is 0.0777. The number of aromatic nitrogens is 1. The second-order valence-electron chi connectivity index (χ2n) is 4.33. The standard InChI is InChI=1S/C12H16N2O3/c15-11-4-2-1-3-9(11)14-10-7-13-6-5-8(10)12(16)17/h5-7,9,11,14-15H,1-4H2,(H,16,17). The zero-order chi connectivity index (χ0) is 12.3. The molecule has 1 aromatic rings. The molecular formula is C12H16N2O3. The van der Waals surface area contributed by atoms with Gasteiger partial charge in [-0.2, -0.15) is 0 Å². The third kappa shape index (κ3) is 2.74. The first-order chi connectivity index (χ1) is 8.18. The van der Waals surface area contributed by atoms with E-state index in [1.807, 2.05) is 0 Å². The number of carboxylic acid groups (broad SMARTS) is 1. The van der Waals surface area contributed by atoms with Gasteiger partial charge >= 0.3 is 5.97 Å². The second kappa shape index (κ2) is 5.14. The number of nitrogens with zero attached hydrogens (tertiary/aromatic N) is 1. The van der Waals surface area contributed by atoms with Gasteiger partial charge in [-0.05, 0) is 18.9 Å². The molecule has 0 radical (unpaired) electrons. The van der Waals surface area contributed by atoms with E-state index in [1.54, 1.807) is 0 Å². The summed E-state index contributed by atoms with van der Waals surface area (Å²) < 4.78 is 0. The average molecular weight is 236 g/mol. The molecule has 1 aliphatic rings. The fourth-order valence-electron chi connectivity index (χ4n) is 2.18. The van der Waals surface area contributed by atoms with Gasteiger partial charge in [-0.1, -0.05) is 12.8 Å². The zero-order valence-corrected chi connectivity index (χ0v) is 9.47. The fraction of sp³-hybridized carbons (Fsp3) is 0.500. The summed E-state index contributed by atoms with van der Waals surface area (Å²) in [5, 5.41) is 21.9. The summed E-state index contributed by atoms with van der Waals surface area (Å²) in [7, 11) is 0. The molecule has 0 aliphatic heterocycles. The topological polar surface area (TPSA) is 82.5 Å². The van der Waals surface area contributed by atoms with E-state index in [0.717, 1.165) is 25.7 Å². The van der Waals surface area contributed by atoms with Crippen LogP contribution in [-0.2, 0) is 0 Å². The Morgan fingerprint density at radius 1 is 1.41 bits per heavy atom. The van der Waals surface area contributed by atoms with E-state index >= 15 is 0 Å². The zero-order valence-electron chi connectivity index (χ0n) is 9.47. The lowest BCUT2D eigenvalue weighted by Crippen LogP contribution is -2.36. The van der Waals surface area contributed by atoms with Crippen LogP contribution in [0.15, 0.2) is 18.5 Å². The molecule has 0 amide bonds. The SMILES string of the molecule is O=C(O)c1ccncc1NC1CCCCC1O. The molecule has 2 rings (SSSR count). The number of anilines is 1. The van der Waals surface area contributed by atoms with Crippen LogP contribution < -0.4 is 5.32 Å². The van der Waals surface area contributed by atoms with Gasteiger partial charge in [-0.25, -0.2) is 4.79 Å². The maximum atomic E-state index is 11.0. The van der Waals surface area contributed by atoms with Crippen LogP contribution in [-0.4, -0.2) is 33.3 Å². The quantitative estimate of drug-likeness (QED) is 0.740. The maximum Gasteiger partial charge on any atom is 0.337 e. The number of pyridine rings is 1. The number of carbonyl (C=O) groups is 1. The highest BCUT2D eigenvalue weighted by molar-refractivity contribution is 5.93. The first kappa shape index (κ1) is 11.9. The highest BCUT2D eigenvalue weighted by Crippen LogP contribution is 2.23. The molecule has 17 heavy (non-hydrogen) atoms. The van der Waals surface area contributed by atoms with Crippen LogP contribution in [0.1, 0.15) is 36.0 Å².